The average molecular weight is 186 g/mol. The van der Waals surface area contributed by atoms with Crippen LogP contribution in [0.4, 0.5) is 0 Å². The van der Waals surface area contributed by atoms with Crippen LogP contribution in [0.25, 0.3) is 0 Å². The Balaban J connectivity index is 2.83. The van der Waals surface area contributed by atoms with Gasteiger partial charge in [-0.15, -0.1) is 5.10 Å². The zero-order valence-electron chi connectivity index (χ0n) is 6.70. The van der Waals surface area contributed by atoms with Gasteiger partial charge in [-0.1, -0.05) is 17.8 Å². The summed E-state index contributed by atoms with van der Waals surface area (Å²) in [7, 11) is 0. The Hall–Kier alpha value is -1.01. The molecule has 6 heteroatoms. The van der Waals surface area contributed by atoms with E-state index in [-0.39, 0.29) is 5.91 Å². The van der Waals surface area contributed by atoms with Crippen LogP contribution in [0.3, 0.4) is 0 Å². The number of carbonyl (C=O) groups is 1. The van der Waals surface area contributed by atoms with E-state index >= 15 is 0 Å². The van der Waals surface area contributed by atoms with Crippen LogP contribution in [0.1, 0.15) is 28.7 Å². The first-order valence-corrected chi connectivity index (χ1v) is 4.39. The Bertz CT molecular complexity index is 272. The standard InChI is InChI=1S/C6H10N4OS/c1-2-3-4-5(6(11)8-7)12-10-9-4/h2-3,7H2,1H3,(H,8,11). The van der Waals surface area contributed by atoms with E-state index in [9.17, 15) is 4.79 Å². The van der Waals surface area contributed by atoms with E-state index in [1.165, 1.54) is 0 Å². The van der Waals surface area contributed by atoms with Crippen molar-refractivity contribution >= 4 is 17.4 Å². The van der Waals surface area contributed by atoms with Crippen molar-refractivity contribution in [2.75, 3.05) is 0 Å². The van der Waals surface area contributed by atoms with Crippen LogP contribution in [0.15, 0.2) is 0 Å². The number of nitrogens with zero attached hydrogens (tertiary/aromatic N) is 2. The first-order chi connectivity index (χ1) is 5.79. The summed E-state index contributed by atoms with van der Waals surface area (Å²) in [5.41, 5.74) is 2.78. The van der Waals surface area contributed by atoms with E-state index in [2.05, 4.69) is 15.0 Å². The Morgan fingerprint density at radius 1 is 1.75 bits per heavy atom. The first kappa shape index (κ1) is 9.08. The lowest BCUT2D eigenvalue weighted by Gasteiger charge is -1.96. The van der Waals surface area contributed by atoms with Gasteiger partial charge in [-0.2, -0.15) is 0 Å². The molecule has 1 amide bonds. The van der Waals surface area contributed by atoms with Crippen LogP contribution in [-0.2, 0) is 6.42 Å². The molecule has 0 aliphatic carbocycles. The second-order valence-corrected chi connectivity index (χ2v) is 3.03. The van der Waals surface area contributed by atoms with E-state index < -0.39 is 0 Å². The molecule has 0 saturated carbocycles. The van der Waals surface area contributed by atoms with Crippen LogP contribution >= 0.6 is 11.5 Å². The highest BCUT2D eigenvalue weighted by atomic mass is 32.1. The van der Waals surface area contributed by atoms with Crippen LogP contribution in [0, 0.1) is 0 Å². The van der Waals surface area contributed by atoms with Crippen LogP contribution in [0.5, 0.6) is 0 Å². The maximum atomic E-state index is 11.1. The Morgan fingerprint density at radius 2 is 2.50 bits per heavy atom. The van der Waals surface area contributed by atoms with Crippen molar-refractivity contribution < 1.29 is 4.79 Å². The molecule has 0 unspecified atom stereocenters. The van der Waals surface area contributed by atoms with E-state index in [0.717, 1.165) is 30.1 Å². The van der Waals surface area contributed by atoms with Gasteiger partial charge in [0.2, 0.25) is 0 Å². The van der Waals surface area contributed by atoms with Gasteiger partial charge < -0.3 is 0 Å². The molecule has 1 aromatic rings. The summed E-state index contributed by atoms with van der Waals surface area (Å²) in [6, 6.07) is 0. The number of aromatic nitrogens is 2. The molecule has 0 aliphatic rings. The topological polar surface area (TPSA) is 80.9 Å². The van der Waals surface area contributed by atoms with Gasteiger partial charge in [0.15, 0.2) is 0 Å². The van der Waals surface area contributed by atoms with Crippen LogP contribution in [-0.4, -0.2) is 15.5 Å². The molecule has 0 aromatic carbocycles. The minimum absolute atomic E-state index is 0.312. The summed E-state index contributed by atoms with van der Waals surface area (Å²) in [6.45, 7) is 2.02. The highest BCUT2D eigenvalue weighted by Gasteiger charge is 2.13. The molecule has 12 heavy (non-hydrogen) atoms. The number of nitrogen functional groups attached to an aromatic ring is 1. The molecule has 1 rings (SSSR count). The molecule has 0 radical (unpaired) electrons. The van der Waals surface area contributed by atoms with Gasteiger partial charge in [-0.25, -0.2) is 5.84 Å². The fourth-order valence-corrected chi connectivity index (χ4v) is 1.46. The van der Waals surface area contributed by atoms with E-state index in [1.807, 2.05) is 6.92 Å². The third-order valence-electron chi connectivity index (χ3n) is 1.38. The molecule has 3 N–H and O–H groups in total. The van der Waals surface area contributed by atoms with E-state index in [4.69, 9.17) is 5.84 Å². The molecule has 0 bridgehead atoms. The number of hydrazine groups is 1. The third-order valence-corrected chi connectivity index (χ3v) is 2.15. The van der Waals surface area contributed by atoms with Crippen molar-refractivity contribution in [2.45, 2.75) is 19.8 Å². The van der Waals surface area contributed by atoms with Crippen molar-refractivity contribution in [2.24, 2.45) is 5.84 Å². The van der Waals surface area contributed by atoms with Crippen molar-refractivity contribution in [3.8, 4) is 0 Å². The van der Waals surface area contributed by atoms with Crippen molar-refractivity contribution in [1.29, 1.82) is 0 Å². The predicted octanol–water partition coefficient (Wildman–Crippen LogP) is 0.0941. The van der Waals surface area contributed by atoms with Gasteiger partial charge in [-0.05, 0) is 18.0 Å². The summed E-state index contributed by atoms with van der Waals surface area (Å²) in [5.74, 6) is 4.67. The van der Waals surface area contributed by atoms with Gasteiger partial charge in [-0.3, -0.25) is 10.2 Å². The van der Waals surface area contributed by atoms with Gasteiger partial charge in [0.05, 0.1) is 5.69 Å². The lowest BCUT2D eigenvalue weighted by Crippen LogP contribution is -2.30. The normalized spacial score (nSPS) is 9.83. The van der Waals surface area contributed by atoms with Crippen LogP contribution in [0.2, 0.25) is 0 Å². The fourth-order valence-electron chi connectivity index (χ4n) is 0.847. The molecule has 0 atom stereocenters. The zero-order valence-corrected chi connectivity index (χ0v) is 7.52. The molecule has 0 saturated heterocycles. The summed E-state index contributed by atoms with van der Waals surface area (Å²) >= 11 is 1.07. The molecular formula is C6H10N4OS. The second-order valence-electron chi connectivity index (χ2n) is 2.27. The molecule has 66 valence electrons. The summed E-state index contributed by atoms with van der Waals surface area (Å²) < 4.78 is 3.69. The van der Waals surface area contributed by atoms with E-state index in [1.54, 1.807) is 0 Å². The number of aryl methyl sites for hydroxylation is 1. The third kappa shape index (κ3) is 1.77. The van der Waals surface area contributed by atoms with Gasteiger partial charge >= 0.3 is 0 Å². The number of carbonyl (C=O) groups excluding carboxylic acids is 1. The van der Waals surface area contributed by atoms with Crippen molar-refractivity contribution in [1.82, 2.24) is 15.0 Å². The number of amides is 1. The number of rotatable bonds is 3. The van der Waals surface area contributed by atoms with Gasteiger partial charge in [0.25, 0.3) is 5.91 Å². The SMILES string of the molecule is CCCc1nnsc1C(=O)NN. The number of nitrogens with two attached hydrogens (primary N) is 1. The molecule has 0 aliphatic heterocycles. The summed E-state index contributed by atoms with van der Waals surface area (Å²) in [6.07, 6.45) is 1.70. The van der Waals surface area contributed by atoms with E-state index in [0.29, 0.717) is 4.88 Å². The fraction of sp³-hybridized carbons (Fsp3) is 0.500. The largest absolute Gasteiger partial charge is 0.289 e. The highest BCUT2D eigenvalue weighted by molar-refractivity contribution is 7.08. The number of hydrogen-bond donors (Lipinski definition) is 2. The molecule has 1 heterocycles. The van der Waals surface area contributed by atoms with Gasteiger partial charge in [0.1, 0.15) is 4.88 Å². The maximum Gasteiger partial charge on any atom is 0.278 e. The molecule has 5 nitrogen and oxygen atoms in total. The maximum absolute atomic E-state index is 11.1. The van der Waals surface area contributed by atoms with Crippen molar-refractivity contribution in [3.05, 3.63) is 10.6 Å². The molecular weight excluding hydrogens is 176 g/mol. The average Bonchev–Trinajstić information content (AvgIpc) is 2.52. The second kappa shape index (κ2) is 4.13. The van der Waals surface area contributed by atoms with Gasteiger partial charge in [0, 0.05) is 0 Å². The summed E-state index contributed by atoms with van der Waals surface area (Å²) in [4.78, 5) is 11.6. The van der Waals surface area contributed by atoms with Crippen molar-refractivity contribution in [3.63, 3.8) is 0 Å². The molecule has 1 aromatic heterocycles. The Morgan fingerprint density at radius 3 is 3.08 bits per heavy atom. The zero-order chi connectivity index (χ0) is 8.97. The highest BCUT2D eigenvalue weighted by Crippen LogP contribution is 2.11. The monoisotopic (exact) mass is 186 g/mol. The lowest BCUT2D eigenvalue weighted by molar-refractivity contribution is 0.0956. The number of nitrogens with one attached hydrogen (secondary N) is 1. The smallest absolute Gasteiger partial charge is 0.278 e. The summed E-state index contributed by atoms with van der Waals surface area (Å²) in [5, 5.41) is 3.83. The minimum atomic E-state index is -0.312. The first-order valence-electron chi connectivity index (χ1n) is 3.61. The minimum Gasteiger partial charge on any atom is -0.289 e. The predicted molar refractivity (Wildman–Crippen MR) is 45.6 cm³/mol. The molecule has 0 spiro atoms. The quantitative estimate of drug-likeness (QED) is 0.398. The Kier molecular flexibility index (Phi) is 3.12. The molecule has 0 fully saturated rings. The lowest BCUT2D eigenvalue weighted by atomic mass is 10.2. The van der Waals surface area contributed by atoms with Crippen LogP contribution < -0.4 is 11.3 Å². The number of hydrogen-bond acceptors (Lipinski definition) is 5. The Labute approximate surface area is 74.1 Å².